The number of amides is 6. The first kappa shape index (κ1) is 53.0. The number of hydrogen-bond acceptors (Lipinski definition) is 14. The Hall–Kier alpha value is -7.61. The van der Waals surface area contributed by atoms with E-state index in [1.807, 2.05) is 0 Å². The van der Waals surface area contributed by atoms with Gasteiger partial charge in [0.05, 0.1) is 25.1 Å². The number of nitrogens with zero attached hydrogens (tertiary/aromatic N) is 4. The molecule has 18 N–H and O–H groups in total. The van der Waals surface area contributed by atoms with Crippen LogP contribution < -0.4 is 49.5 Å². The lowest BCUT2D eigenvalue weighted by atomic mass is 10.0. The molecule has 0 radical (unpaired) electrons. The van der Waals surface area contributed by atoms with Crippen LogP contribution in [0.1, 0.15) is 68.3 Å². The van der Waals surface area contributed by atoms with Gasteiger partial charge in [0.25, 0.3) is 0 Å². The topological polar surface area (TPSA) is 434 Å². The largest absolute Gasteiger partial charge is 0.508 e. The number of aromatic amines is 2. The molecule has 1 aliphatic heterocycles. The van der Waals surface area contributed by atoms with Crippen LogP contribution in [-0.4, -0.2) is 155 Å². The van der Waals surface area contributed by atoms with Crippen LogP contribution in [0.25, 0.3) is 0 Å². The summed E-state index contributed by atoms with van der Waals surface area (Å²) in [4.78, 5) is 126. The first-order valence-electron chi connectivity index (χ1n) is 22.0. The van der Waals surface area contributed by atoms with E-state index in [1.165, 1.54) is 54.2 Å². The van der Waals surface area contributed by atoms with E-state index < -0.39 is 96.1 Å². The van der Waals surface area contributed by atoms with Crippen LogP contribution in [-0.2, 0) is 57.6 Å². The molecule has 3 aromatic rings. The maximum Gasteiger partial charge on any atom is 0.326 e. The molecule has 6 amide bonds. The number of nitrogens with two attached hydrogens (primary N) is 4. The Morgan fingerprint density at radius 1 is 0.735 bits per heavy atom. The number of benzene rings is 1. The first-order valence-corrected chi connectivity index (χ1v) is 22.0. The van der Waals surface area contributed by atoms with E-state index in [9.17, 15) is 53.7 Å². The van der Waals surface area contributed by atoms with Crippen molar-refractivity contribution in [2.45, 2.75) is 113 Å². The number of carboxylic acid groups (broad SMARTS) is 2. The zero-order valence-electron chi connectivity index (χ0n) is 37.3. The molecular formula is C42H61N15O11. The summed E-state index contributed by atoms with van der Waals surface area (Å²) in [6.07, 6.45) is 5.83. The summed E-state index contributed by atoms with van der Waals surface area (Å²) in [5, 5.41) is 42.1. The van der Waals surface area contributed by atoms with Gasteiger partial charge in [-0.25, -0.2) is 14.8 Å². The summed E-state index contributed by atoms with van der Waals surface area (Å²) >= 11 is 0. The molecule has 0 aliphatic carbocycles. The zero-order valence-corrected chi connectivity index (χ0v) is 37.3. The highest BCUT2D eigenvalue weighted by Gasteiger charge is 2.40. The molecule has 0 unspecified atom stereocenters. The first-order chi connectivity index (χ1) is 32.4. The van der Waals surface area contributed by atoms with Crippen molar-refractivity contribution in [1.29, 1.82) is 0 Å². The zero-order chi connectivity index (χ0) is 49.8. The second kappa shape index (κ2) is 26.5. The highest BCUT2D eigenvalue weighted by Crippen LogP contribution is 2.21. The number of imidazole rings is 2. The molecule has 0 spiro atoms. The Kier molecular flexibility index (Phi) is 20.7. The van der Waals surface area contributed by atoms with Gasteiger partial charge in [0.1, 0.15) is 42.0 Å². The van der Waals surface area contributed by atoms with Crippen molar-refractivity contribution in [1.82, 2.24) is 51.4 Å². The molecule has 370 valence electrons. The number of likely N-dealkylation sites (tertiary alicyclic amines) is 1. The molecule has 1 aromatic carbocycles. The van der Waals surface area contributed by atoms with Crippen molar-refractivity contribution in [2.75, 3.05) is 19.6 Å². The van der Waals surface area contributed by atoms with Crippen LogP contribution in [0.2, 0.25) is 0 Å². The minimum Gasteiger partial charge on any atom is -0.508 e. The van der Waals surface area contributed by atoms with Gasteiger partial charge in [-0.3, -0.25) is 38.6 Å². The smallest absolute Gasteiger partial charge is 0.326 e. The number of phenolic OH excluding ortho intramolecular Hbond substituents is 1. The summed E-state index contributed by atoms with van der Waals surface area (Å²) in [5.74, 6) is -8.16. The van der Waals surface area contributed by atoms with Crippen LogP contribution in [0, 0.1) is 0 Å². The van der Waals surface area contributed by atoms with Gasteiger partial charge in [0.2, 0.25) is 35.4 Å². The summed E-state index contributed by atoms with van der Waals surface area (Å²) in [6, 6.07) is -3.77. The van der Waals surface area contributed by atoms with E-state index in [-0.39, 0.29) is 69.7 Å². The standard InChI is InChI=1S/C42H61N15O11/c43-12-2-1-5-29(41(67)68)53-39(65)33-7-4-14-57(33)40(66)32(15-23-8-10-26(58)11-9-23)56-36(62)28(6-3-13-49-42(45)46)52-37(63)30(17-25-20-48-22-51-25)55-38(64)31(18-34(59)60)54-35(61)27(44)16-24-19-47-21-50-24/h8-11,19-22,27-33,58H,1-7,12-18,43-44H2,(H,47,50)(H,48,51)(H,52,63)(H,53,65)(H,54,61)(H,55,64)(H,56,62)(H,59,60)(H,67,68)(H4,45,46,49)/t27-,28-,29-,30-,31-,32-,33-/m0/s1. The normalized spacial score (nSPS) is 15.9. The lowest BCUT2D eigenvalue weighted by molar-refractivity contribution is -0.145. The lowest BCUT2D eigenvalue weighted by Gasteiger charge is -2.31. The number of hydrogen-bond donors (Lipinski definition) is 14. The third kappa shape index (κ3) is 17.0. The number of nitrogens with one attached hydrogen (secondary N) is 7. The summed E-state index contributed by atoms with van der Waals surface area (Å²) < 4.78 is 0. The van der Waals surface area contributed by atoms with Gasteiger partial charge in [-0.05, 0) is 69.2 Å². The van der Waals surface area contributed by atoms with Gasteiger partial charge >= 0.3 is 11.9 Å². The van der Waals surface area contributed by atoms with Crippen molar-refractivity contribution in [2.24, 2.45) is 27.9 Å². The van der Waals surface area contributed by atoms with E-state index >= 15 is 0 Å². The Bertz CT molecular complexity index is 2180. The fraction of sp³-hybridized carbons (Fsp3) is 0.500. The molecule has 2 aromatic heterocycles. The third-order valence-corrected chi connectivity index (χ3v) is 10.9. The number of unbranched alkanes of at least 4 members (excludes halogenated alkanes) is 1. The fourth-order valence-corrected chi connectivity index (χ4v) is 7.39. The van der Waals surface area contributed by atoms with Crippen molar-refractivity contribution in [3.8, 4) is 5.75 Å². The van der Waals surface area contributed by atoms with Crippen LogP contribution >= 0.6 is 0 Å². The number of H-pyrrole nitrogens is 2. The molecule has 68 heavy (non-hydrogen) atoms. The monoisotopic (exact) mass is 951 g/mol. The number of aromatic nitrogens is 4. The minimum atomic E-state index is -1.71. The second-order valence-electron chi connectivity index (χ2n) is 16.2. The van der Waals surface area contributed by atoms with E-state index in [1.54, 1.807) is 0 Å². The second-order valence-corrected chi connectivity index (χ2v) is 16.2. The lowest BCUT2D eigenvalue weighted by Crippen LogP contribution is -2.60. The SMILES string of the molecule is NCCCC[C@H](NC(=O)[C@@H]1CCCN1C(=O)[C@H](Cc1ccc(O)cc1)NC(=O)[C@H](CCCN=C(N)N)NC(=O)[C@H](Cc1cnc[nH]1)NC(=O)[C@H](CC(=O)O)NC(=O)[C@@H](N)Cc1cnc[nH]1)C(=O)O. The molecule has 26 heteroatoms. The Labute approximate surface area is 390 Å². The van der Waals surface area contributed by atoms with Crippen LogP contribution in [0.15, 0.2) is 54.3 Å². The molecule has 0 bridgehead atoms. The van der Waals surface area contributed by atoms with Crippen molar-refractivity contribution >= 4 is 53.3 Å². The van der Waals surface area contributed by atoms with Gasteiger partial charge in [-0.1, -0.05) is 12.1 Å². The highest BCUT2D eigenvalue weighted by molar-refractivity contribution is 5.98. The highest BCUT2D eigenvalue weighted by atomic mass is 16.4. The number of carbonyl (C=O) groups is 8. The number of aliphatic carboxylic acids is 2. The average Bonchev–Trinajstić information content (AvgIpc) is 4.11. The summed E-state index contributed by atoms with van der Waals surface area (Å²) in [7, 11) is 0. The quantitative estimate of drug-likeness (QED) is 0.0190. The van der Waals surface area contributed by atoms with Gasteiger partial charge in [-0.15, -0.1) is 0 Å². The van der Waals surface area contributed by atoms with Crippen LogP contribution in [0.3, 0.4) is 0 Å². The molecule has 7 atom stereocenters. The Balaban J connectivity index is 1.60. The number of phenols is 1. The van der Waals surface area contributed by atoms with Crippen molar-refractivity contribution in [3.63, 3.8) is 0 Å². The number of guanidine groups is 1. The summed E-state index contributed by atoms with van der Waals surface area (Å²) in [6.45, 7) is 0.444. The Morgan fingerprint density at radius 3 is 1.93 bits per heavy atom. The molecule has 26 nitrogen and oxygen atoms in total. The molecule has 1 fully saturated rings. The number of carboxylic acids is 2. The van der Waals surface area contributed by atoms with Crippen LogP contribution in [0.4, 0.5) is 0 Å². The van der Waals surface area contributed by atoms with E-state index in [0.717, 1.165) is 0 Å². The number of rotatable bonds is 28. The predicted molar refractivity (Wildman–Crippen MR) is 241 cm³/mol. The van der Waals surface area contributed by atoms with E-state index in [4.69, 9.17) is 22.9 Å². The maximum absolute atomic E-state index is 14.5. The molecule has 4 rings (SSSR count). The molecule has 1 saturated heterocycles. The van der Waals surface area contributed by atoms with Crippen molar-refractivity contribution < 1.29 is 53.7 Å². The number of aromatic hydroxyl groups is 1. The van der Waals surface area contributed by atoms with Gasteiger partial charge in [-0.2, -0.15) is 0 Å². The van der Waals surface area contributed by atoms with E-state index in [0.29, 0.717) is 42.8 Å². The molecule has 3 heterocycles. The van der Waals surface area contributed by atoms with Gasteiger partial charge < -0.3 is 79.7 Å². The fourth-order valence-electron chi connectivity index (χ4n) is 7.39. The summed E-state index contributed by atoms with van der Waals surface area (Å²) in [5.41, 5.74) is 23.9. The predicted octanol–water partition coefficient (Wildman–Crippen LogP) is -3.65. The molecule has 0 saturated carbocycles. The molecule has 1 aliphatic rings. The van der Waals surface area contributed by atoms with Crippen molar-refractivity contribution in [3.05, 3.63) is 66.3 Å². The van der Waals surface area contributed by atoms with Gasteiger partial charge in [0, 0.05) is 56.1 Å². The van der Waals surface area contributed by atoms with Gasteiger partial charge in [0.15, 0.2) is 5.96 Å². The number of carbonyl (C=O) groups excluding carboxylic acids is 6. The molecular weight excluding hydrogens is 891 g/mol. The number of aliphatic imine (C=N–C) groups is 1. The third-order valence-electron chi connectivity index (χ3n) is 10.9. The minimum absolute atomic E-state index is 0.0133. The van der Waals surface area contributed by atoms with Crippen LogP contribution in [0.5, 0.6) is 5.75 Å². The Morgan fingerprint density at radius 2 is 1.32 bits per heavy atom. The maximum atomic E-state index is 14.5. The average molecular weight is 952 g/mol. The van der Waals surface area contributed by atoms with E-state index in [2.05, 4.69) is 51.5 Å².